The Hall–Kier alpha value is -2.66. The predicted molar refractivity (Wildman–Crippen MR) is 127 cm³/mol. The molecule has 2 unspecified atom stereocenters. The summed E-state index contributed by atoms with van der Waals surface area (Å²) in [5.41, 5.74) is 2.24. The number of nitrogens with one attached hydrogen (secondary N) is 3. The Bertz CT molecular complexity index is 882. The first kappa shape index (κ1) is 26.6. The molecule has 5 N–H and O–H groups in total. The Kier molecular flexibility index (Phi) is 10.6. The van der Waals surface area contributed by atoms with Crippen molar-refractivity contribution in [3.8, 4) is 0 Å². The summed E-state index contributed by atoms with van der Waals surface area (Å²) < 4.78 is 0. The maximum Gasteiger partial charge on any atom is 0.270 e. The van der Waals surface area contributed by atoms with Crippen LogP contribution in [0, 0.1) is 0 Å². The monoisotopic (exact) mass is 460 g/mol. The van der Waals surface area contributed by atoms with Gasteiger partial charge in [0, 0.05) is 44.8 Å². The van der Waals surface area contributed by atoms with Gasteiger partial charge in [-0.25, -0.2) is 4.98 Å². The fraction of sp³-hybridized carbons (Fsp3) is 0.565. The lowest BCUT2D eigenvalue weighted by molar-refractivity contribution is -0.117. The quantitative estimate of drug-likeness (QED) is 0.272. The molecule has 2 rings (SSSR count). The van der Waals surface area contributed by atoms with Crippen LogP contribution in [0.25, 0.3) is 0 Å². The van der Waals surface area contributed by atoms with Crippen molar-refractivity contribution >= 4 is 17.5 Å². The molecule has 1 aliphatic rings. The first-order valence-corrected chi connectivity index (χ1v) is 11.2. The van der Waals surface area contributed by atoms with E-state index in [2.05, 4.69) is 25.9 Å². The molecule has 2 amide bonds. The third-order valence-electron chi connectivity index (χ3n) is 5.20. The van der Waals surface area contributed by atoms with Gasteiger partial charge in [0.25, 0.3) is 11.8 Å². The van der Waals surface area contributed by atoms with E-state index in [0.717, 1.165) is 0 Å². The number of nitrogens with zero attached hydrogens (tertiary/aromatic N) is 3. The number of dihydropyridines is 1. The Morgan fingerprint density at radius 2 is 1.82 bits per heavy atom. The van der Waals surface area contributed by atoms with Crippen molar-refractivity contribution in [3.05, 3.63) is 40.7 Å². The first-order chi connectivity index (χ1) is 15.7. The third-order valence-corrected chi connectivity index (χ3v) is 5.20. The molecule has 0 bridgehead atoms. The van der Waals surface area contributed by atoms with Crippen molar-refractivity contribution in [1.82, 2.24) is 25.8 Å². The van der Waals surface area contributed by atoms with Crippen molar-refractivity contribution in [1.29, 1.82) is 0 Å². The number of aliphatic hydroxyl groups excluding tert-OH is 2. The van der Waals surface area contributed by atoms with Gasteiger partial charge < -0.3 is 26.2 Å². The average Bonchev–Trinajstić information content (AvgIpc) is 2.78. The highest BCUT2D eigenvalue weighted by atomic mass is 16.3. The second-order valence-corrected chi connectivity index (χ2v) is 8.12. The van der Waals surface area contributed by atoms with Gasteiger partial charge in [-0.15, -0.1) is 0 Å². The molecule has 2 atom stereocenters. The van der Waals surface area contributed by atoms with Crippen LogP contribution >= 0.6 is 0 Å². The van der Waals surface area contributed by atoms with Crippen LogP contribution in [0.2, 0.25) is 0 Å². The molecular weight excluding hydrogens is 424 g/mol. The van der Waals surface area contributed by atoms with E-state index >= 15 is 0 Å². The van der Waals surface area contributed by atoms with E-state index in [1.165, 1.54) is 0 Å². The molecule has 0 spiro atoms. The number of likely N-dealkylation sites (N-methyl/N-ethyl adjacent to an activating group) is 2. The molecule has 0 fully saturated rings. The number of aliphatic imine (C=N–C) groups is 1. The number of hydrogen-bond donors (Lipinski definition) is 5. The second-order valence-electron chi connectivity index (χ2n) is 8.12. The summed E-state index contributed by atoms with van der Waals surface area (Å²) >= 11 is 0. The summed E-state index contributed by atoms with van der Waals surface area (Å²) in [5.74, 6) is -0.572. The minimum absolute atomic E-state index is 0.217. The average molecular weight is 461 g/mol. The lowest BCUT2D eigenvalue weighted by Gasteiger charge is -2.20. The second kappa shape index (κ2) is 13.1. The molecular formula is C23H36N6O4. The number of amides is 2. The number of carbonyl (C=O) groups excluding carboxylic acids is 2. The Morgan fingerprint density at radius 1 is 1.09 bits per heavy atom. The largest absolute Gasteiger partial charge is 0.389 e. The standard InChI is InChI=1S/C23H36N6O4/c1-15(30)18-8-7-17(28-21(18)23(33)26-11-10-24-3)14-29(4)13-12-27-22(32)19-6-5-9-25-20(19)16(2)31/h6-8,15-16,24,30-31H,5,9-14H2,1-4H3,(H,26,33)(H,27,32). The number of hydrogen-bond acceptors (Lipinski definition) is 8. The molecule has 0 aromatic carbocycles. The van der Waals surface area contributed by atoms with E-state index in [1.807, 2.05) is 18.0 Å². The highest BCUT2D eigenvalue weighted by Gasteiger charge is 2.22. The van der Waals surface area contributed by atoms with E-state index in [9.17, 15) is 19.8 Å². The minimum Gasteiger partial charge on any atom is -0.389 e. The van der Waals surface area contributed by atoms with Crippen molar-refractivity contribution < 1.29 is 19.8 Å². The van der Waals surface area contributed by atoms with Crippen LogP contribution in [0.5, 0.6) is 0 Å². The number of rotatable bonds is 12. The van der Waals surface area contributed by atoms with Gasteiger partial charge in [0.1, 0.15) is 5.69 Å². The Balaban J connectivity index is 1.94. The molecule has 1 aromatic heterocycles. The summed E-state index contributed by atoms with van der Waals surface area (Å²) in [6.07, 6.45) is 0.891. The maximum atomic E-state index is 12.5. The predicted octanol–water partition coefficient (Wildman–Crippen LogP) is -0.216. The van der Waals surface area contributed by atoms with Gasteiger partial charge in [-0.2, -0.15) is 0 Å². The van der Waals surface area contributed by atoms with Crippen LogP contribution in [-0.2, 0) is 11.3 Å². The molecule has 1 aromatic rings. The molecule has 182 valence electrons. The third kappa shape index (κ3) is 8.01. The lowest BCUT2D eigenvalue weighted by Crippen LogP contribution is -2.37. The highest BCUT2D eigenvalue weighted by molar-refractivity contribution is 6.23. The zero-order valence-electron chi connectivity index (χ0n) is 19.9. The molecule has 0 saturated carbocycles. The molecule has 33 heavy (non-hydrogen) atoms. The highest BCUT2D eigenvalue weighted by Crippen LogP contribution is 2.17. The maximum absolute atomic E-state index is 12.5. The van der Waals surface area contributed by atoms with Crippen LogP contribution in [0.15, 0.2) is 28.8 Å². The summed E-state index contributed by atoms with van der Waals surface area (Å²) in [5, 5.41) is 28.5. The number of aliphatic hydroxyl groups is 2. The van der Waals surface area contributed by atoms with Crippen LogP contribution in [0.1, 0.15) is 48.1 Å². The van der Waals surface area contributed by atoms with E-state index in [4.69, 9.17) is 0 Å². The topological polar surface area (TPSA) is 139 Å². The molecule has 10 nitrogen and oxygen atoms in total. The molecule has 1 aliphatic heterocycles. The van der Waals surface area contributed by atoms with Crippen LogP contribution in [0.4, 0.5) is 0 Å². The fourth-order valence-corrected chi connectivity index (χ4v) is 3.46. The zero-order valence-corrected chi connectivity index (χ0v) is 19.9. The van der Waals surface area contributed by atoms with E-state index < -0.39 is 12.2 Å². The molecule has 0 aliphatic carbocycles. The van der Waals surface area contributed by atoms with Gasteiger partial charge in [0.05, 0.1) is 29.2 Å². The van der Waals surface area contributed by atoms with Crippen molar-refractivity contribution in [2.45, 2.75) is 39.0 Å². The number of pyridine rings is 1. The van der Waals surface area contributed by atoms with Gasteiger partial charge in [-0.3, -0.25) is 19.5 Å². The Labute approximate surface area is 195 Å². The molecule has 2 heterocycles. The lowest BCUT2D eigenvalue weighted by atomic mass is 10.0. The van der Waals surface area contributed by atoms with Gasteiger partial charge in [0.2, 0.25) is 0 Å². The van der Waals surface area contributed by atoms with Crippen LogP contribution in [-0.4, -0.2) is 90.5 Å². The summed E-state index contributed by atoms with van der Waals surface area (Å²) in [6.45, 7) is 6.30. The van der Waals surface area contributed by atoms with Gasteiger partial charge in [-0.1, -0.05) is 12.1 Å². The summed E-state index contributed by atoms with van der Waals surface area (Å²) in [7, 11) is 3.70. The normalized spacial score (nSPS) is 15.5. The minimum atomic E-state index is -0.811. The van der Waals surface area contributed by atoms with Crippen LogP contribution in [0.3, 0.4) is 0 Å². The van der Waals surface area contributed by atoms with E-state index in [1.54, 1.807) is 33.0 Å². The molecule has 10 heteroatoms. The smallest absolute Gasteiger partial charge is 0.270 e. The van der Waals surface area contributed by atoms with Crippen molar-refractivity contribution in [2.24, 2.45) is 4.99 Å². The number of carbonyl (C=O) groups is 2. The number of aromatic nitrogens is 1. The Morgan fingerprint density at radius 3 is 2.48 bits per heavy atom. The summed E-state index contributed by atoms with van der Waals surface area (Å²) in [4.78, 5) is 35.8. The van der Waals surface area contributed by atoms with Crippen molar-refractivity contribution in [2.75, 3.05) is 46.8 Å². The molecule has 0 saturated heterocycles. The van der Waals surface area contributed by atoms with Gasteiger partial charge in [-0.05, 0) is 40.4 Å². The van der Waals surface area contributed by atoms with Crippen LogP contribution < -0.4 is 16.0 Å². The first-order valence-electron chi connectivity index (χ1n) is 11.2. The SMILES string of the molecule is CNCCNC(=O)c1nc(CN(C)CCNC(=O)C2=CCCN=C2C(C)O)ccc1C(C)O. The van der Waals surface area contributed by atoms with E-state index in [-0.39, 0.29) is 17.5 Å². The fourth-order valence-electron chi connectivity index (χ4n) is 3.46. The molecule has 0 radical (unpaired) electrons. The summed E-state index contributed by atoms with van der Waals surface area (Å²) in [6, 6.07) is 3.52. The van der Waals surface area contributed by atoms with Gasteiger partial charge in [0.15, 0.2) is 0 Å². The van der Waals surface area contributed by atoms with Gasteiger partial charge >= 0.3 is 0 Å². The van der Waals surface area contributed by atoms with Crippen molar-refractivity contribution in [3.63, 3.8) is 0 Å². The van der Waals surface area contributed by atoms with E-state index in [0.29, 0.717) is 68.2 Å². The zero-order chi connectivity index (χ0) is 24.4.